The van der Waals surface area contributed by atoms with Crippen LogP contribution in [0.25, 0.3) is 0 Å². The Labute approximate surface area is 178 Å². The van der Waals surface area contributed by atoms with Gasteiger partial charge in [-0.1, -0.05) is 72.8 Å². The van der Waals surface area contributed by atoms with Crippen molar-refractivity contribution in [3.05, 3.63) is 102 Å². The Bertz CT molecular complexity index is 918. The number of hydrogen-bond acceptors (Lipinski definition) is 3. The molecule has 154 valence electrons. The number of amides is 1. The lowest BCUT2D eigenvalue weighted by molar-refractivity contribution is -0.132. The van der Waals surface area contributed by atoms with Crippen LogP contribution >= 0.6 is 0 Å². The summed E-state index contributed by atoms with van der Waals surface area (Å²) >= 11 is 0. The first-order valence-corrected chi connectivity index (χ1v) is 10.6. The Kier molecular flexibility index (Phi) is 6.78. The van der Waals surface area contributed by atoms with Crippen molar-refractivity contribution >= 4 is 5.91 Å². The molecule has 3 aromatic rings. The van der Waals surface area contributed by atoms with Crippen LogP contribution in [0.1, 0.15) is 16.7 Å². The van der Waals surface area contributed by atoms with E-state index in [-0.39, 0.29) is 5.91 Å². The van der Waals surface area contributed by atoms with Crippen LogP contribution in [0, 0.1) is 0 Å². The Morgan fingerprint density at radius 2 is 1.30 bits per heavy atom. The van der Waals surface area contributed by atoms with Crippen LogP contribution in [0.5, 0.6) is 5.75 Å². The summed E-state index contributed by atoms with van der Waals surface area (Å²) in [6.45, 7) is 4.90. The van der Waals surface area contributed by atoms with Crippen molar-refractivity contribution in [2.45, 2.75) is 19.6 Å². The Morgan fingerprint density at radius 1 is 0.700 bits per heavy atom. The van der Waals surface area contributed by atoms with Crippen molar-refractivity contribution in [3.63, 3.8) is 0 Å². The normalized spacial score (nSPS) is 14.5. The Morgan fingerprint density at radius 3 is 1.93 bits per heavy atom. The molecule has 0 N–H and O–H groups in total. The fraction of sp³-hybridized carbons (Fsp3) is 0.269. The van der Waals surface area contributed by atoms with E-state index < -0.39 is 0 Å². The zero-order valence-electron chi connectivity index (χ0n) is 17.2. The molecule has 4 rings (SSSR count). The molecular weight excluding hydrogens is 372 g/mol. The topological polar surface area (TPSA) is 32.8 Å². The van der Waals surface area contributed by atoms with Gasteiger partial charge >= 0.3 is 0 Å². The maximum atomic E-state index is 12.5. The average molecular weight is 401 g/mol. The van der Waals surface area contributed by atoms with Gasteiger partial charge in [-0.25, -0.2) is 0 Å². The molecule has 4 heteroatoms. The summed E-state index contributed by atoms with van der Waals surface area (Å²) in [5.41, 5.74) is 3.52. The summed E-state index contributed by atoms with van der Waals surface area (Å²) in [6, 6.07) is 28.5. The molecule has 1 fully saturated rings. The highest BCUT2D eigenvalue weighted by molar-refractivity contribution is 5.78. The van der Waals surface area contributed by atoms with E-state index in [1.807, 2.05) is 65.6 Å². The molecule has 0 aromatic heterocycles. The van der Waals surface area contributed by atoms with Crippen molar-refractivity contribution in [2.24, 2.45) is 0 Å². The molecule has 0 atom stereocenters. The SMILES string of the molecule is O=C(Cc1ccccc1)N1CCN(Cc2ccc(OCc3ccccc3)cc2)CC1. The molecule has 1 saturated heterocycles. The number of benzene rings is 3. The summed E-state index contributed by atoms with van der Waals surface area (Å²) in [6.07, 6.45) is 0.491. The van der Waals surface area contributed by atoms with Gasteiger partial charge in [-0.15, -0.1) is 0 Å². The minimum absolute atomic E-state index is 0.223. The molecule has 0 spiro atoms. The summed E-state index contributed by atoms with van der Waals surface area (Å²) < 4.78 is 5.87. The molecule has 0 saturated carbocycles. The van der Waals surface area contributed by atoms with Gasteiger partial charge in [0.2, 0.25) is 5.91 Å². The highest BCUT2D eigenvalue weighted by Gasteiger charge is 2.21. The quantitative estimate of drug-likeness (QED) is 0.597. The molecule has 1 amide bonds. The second-order valence-corrected chi connectivity index (χ2v) is 7.74. The van der Waals surface area contributed by atoms with Crippen LogP contribution in [0.2, 0.25) is 0 Å². The third-order valence-electron chi connectivity index (χ3n) is 5.50. The molecular formula is C26H28N2O2. The summed E-state index contributed by atoms with van der Waals surface area (Å²) in [5, 5.41) is 0. The minimum Gasteiger partial charge on any atom is -0.489 e. The highest BCUT2D eigenvalue weighted by atomic mass is 16.5. The van der Waals surface area contributed by atoms with E-state index in [2.05, 4.69) is 29.2 Å². The van der Waals surface area contributed by atoms with Gasteiger partial charge in [0.25, 0.3) is 0 Å². The number of ether oxygens (including phenoxy) is 1. The van der Waals surface area contributed by atoms with Crippen molar-refractivity contribution in [2.75, 3.05) is 26.2 Å². The molecule has 4 nitrogen and oxygen atoms in total. The van der Waals surface area contributed by atoms with E-state index in [4.69, 9.17) is 4.74 Å². The fourth-order valence-electron chi connectivity index (χ4n) is 3.73. The summed E-state index contributed by atoms with van der Waals surface area (Å²) in [4.78, 5) is 16.9. The Balaban J connectivity index is 1.21. The first kappa shape index (κ1) is 20.2. The maximum Gasteiger partial charge on any atom is 0.227 e. The lowest BCUT2D eigenvalue weighted by Crippen LogP contribution is -2.48. The molecule has 1 heterocycles. The number of hydrogen-bond donors (Lipinski definition) is 0. The van der Waals surface area contributed by atoms with E-state index in [9.17, 15) is 4.79 Å². The molecule has 0 bridgehead atoms. The van der Waals surface area contributed by atoms with E-state index in [0.29, 0.717) is 13.0 Å². The summed E-state index contributed by atoms with van der Waals surface area (Å²) in [5.74, 6) is 1.11. The molecule has 0 aliphatic carbocycles. The minimum atomic E-state index is 0.223. The van der Waals surface area contributed by atoms with Crippen molar-refractivity contribution < 1.29 is 9.53 Å². The molecule has 0 unspecified atom stereocenters. The van der Waals surface area contributed by atoms with Gasteiger partial charge in [-0.05, 0) is 28.8 Å². The number of carbonyl (C=O) groups excluding carboxylic acids is 1. The van der Waals surface area contributed by atoms with Crippen LogP contribution in [0.4, 0.5) is 0 Å². The van der Waals surface area contributed by atoms with Crippen molar-refractivity contribution in [1.29, 1.82) is 0 Å². The number of piperazine rings is 1. The van der Waals surface area contributed by atoms with Gasteiger partial charge in [-0.2, -0.15) is 0 Å². The maximum absolute atomic E-state index is 12.5. The second kappa shape index (κ2) is 10.1. The monoisotopic (exact) mass is 400 g/mol. The van der Waals surface area contributed by atoms with E-state index in [0.717, 1.165) is 44.0 Å². The fourth-order valence-corrected chi connectivity index (χ4v) is 3.73. The number of carbonyl (C=O) groups is 1. The third-order valence-corrected chi connectivity index (χ3v) is 5.50. The van der Waals surface area contributed by atoms with Gasteiger partial charge in [0.1, 0.15) is 12.4 Å². The van der Waals surface area contributed by atoms with Crippen LogP contribution in [0.15, 0.2) is 84.9 Å². The number of rotatable bonds is 7. The van der Waals surface area contributed by atoms with Gasteiger partial charge < -0.3 is 9.64 Å². The van der Waals surface area contributed by atoms with Crippen molar-refractivity contribution in [3.8, 4) is 5.75 Å². The Hall–Kier alpha value is -3.11. The summed E-state index contributed by atoms with van der Waals surface area (Å²) in [7, 11) is 0. The lowest BCUT2D eigenvalue weighted by atomic mass is 10.1. The van der Waals surface area contributed by atoms with Crippen LogP contribution in [-0.4, -0.2) is 41.9 Å². The van der Waals surface area contributed by atoms with Crippen LogP contribution < -0.4 is 4.74 Å². The predicted molar refractivity (Wildman–Crippen MR) is 119 cm³/mol. The molecule has 3 aromatic carbocycles. The highest BCUT2D eigenvalue weighted by Crippen LogP contribution is 2.16. The van der Waals surface area contributed by atoms with Gasteiger partial charge in [0.05, 0.1) is 6.42 Å². The third kappa shape index (κ3) is 5.71. The first-order valence-electron chi connectivity index (χ1n) is 10.6. The van der Waals surface area contributed by atoms with Crippen LogP contribution in [-0.2, 0) is 24.4 Å². The smallest absolute Gasteiger partial charge is 0.227 e. The number of nitrogens with zero attached hydrogens (tertiary/aromatic N) is 2. The first-order chi connectivity index (χ1) is 14.8. The van der Waals surface area contributed by atoms with E-state index in [1.165, 1.54) is 11.1 Å². The zero-order valence-corrected chi connectivity index (χ0v) is 17.2. The van der Waals surface area contributed by atoms with E-state index >= 15 is 0 Å². The largest absolute Gasteiger partial charge is 0.489 e. The molecule has 1 aliphatic rings. The van der Waals surface area contributed by atoms with E-state index in [1.54, 1.807) is 0 Å². The molecule has 30 heavy (non-hydrogen) atoms. The lowest BCUT2D eigenvalue weighted by Gasteiger charge is -2.34. The standard InChI is InChI=1S/C26H28N2O2/c29-26(19-22-7-3-1-4-8-22)28-17-15-27(16-18-28)20-23-11-13-25(14-12-23)30-21-24-9-5-2-6-10-24/h1-14H,15-21H2. The second-order valence-electron chi connectivity index (χ2n) is 7.74. The molecule has 1 aliphatic heterocycles. The predicted octanol–water partition coefficient (Wildman–Crippen LogP) is 4.15. The van der Waals surface area contributed by atoms with Crippen LogP contribution in [0.3, 0.4) is 0 Å². The van der Waals surface area contributed by atoms with Gasteiger partial charge in [-0.3, -0.25) is 9.69 Å². The molecule has 0 radical (unpaired) electrons. The van der Waals surface area contributed by atoms with Gasteiger partial charge in [0.15, 0.2) is 0 Å². The zero-order chi connectivity index (χ0) is 20.6. The van der Waals surface area contributed by atoms with Gasteiger partial charge in [0, 0.05) is 32.7 Å². The van der Waals surface area contributed by atoms with Crippen molar-refractivity contribution in [1.82, 2.24) is 9.80 Å². The average Bonchev–Trinajstić information content (AvgIpc) is 2.80.